The lowest BCUT2D eigenvalue weighted by molar-refractivity contribution is -0.123. The van der Waals surface area contributed by atoms with E-state index in [2.05, 4.69) is 0 Å². The smallest absolute Gasteiger partial charge is 0.297 e. The van der Waals surface area contributed by atoms with Gasteiger partial charge in [-0.25, -0.2) is 4.39 Å². The van der Waals surface area contributed by atoms with E-state index in [4.69, 9.17) is 4.18 Å². The van der Waals surface area contributed by atoms with Gasteiger partial charge in [0, 0.05) is 0 Å². The Balaban J connectivity index is 1.70. The summed E-state index contributed by atoms with van der Waals surface area (Å²) in [6.45, 7) is 4.71. The molecular weight excluding hydrogens is 457 g/mol. The Morgan fingerprint density at radius 1 is 1.03 bits per heavy atom. The van der Waals surface area contributed by atoms with Crippen LogP contribution in [-0.2, 0) is 24.5 Å². The first-order valence-electron chi connectivity index (χ1n) is 10.8. The molecule has 0 bridgehead atoms. The molecule has 0 saturated carbocycles. The number of carbonyl (C=O) groups excluding carboxylic acids is 1. The zero-order valence-electron chi connectivity index (χ0n) is 19.1. The molecule has 0 fully saturated rings. The van der Waals surface area contributed by atoms with Crippen LogP contribution < -0.4 is 4.90 Å². The van der Waals surface area contributed by atoms with Crippen molar-refractivity contribution in [3.8, 4) is 0 Å². The van der Waals surface area contributed by atoms with E-state index in [1.165, 1.54) is 29.2 Å². The van der Waals surface area contributed by atoms with E-state index in [1.54, 1.807) is 62.4 Å². The number of fused-ring (bicyclic) bond motifs is 1. The average molecular weight is 484 g/mol. The third kappa shape index (κ3) is 4.36. The van der Waals surface area contributed by atoms with Crippen LogP contribution in [0.2, 0.25) is 0 Å². The minimum absolute atomic E-state index is 0.0349. The summed E-state index contributed by atoms with van der Waals surface area (Å²) < 4.78 is 44.7. The van der Waals surface area contributed by atoms with Gasteiger partial charge >= 0.3 is 0 Å². The maximum Gasteiger partial charge on any atom is 0.297 e. The first-order chi connectivity index (χ1) is 16.0. The van der Waals surface area contributed by atoms with Crippen LogP contribution in [0.5, 0.6) is 0 Å². The Labute approximate surface area is 198 Å². The van der Waals surface area contributed by atoms with Gasteiger partial charge in [0.15, 0.2) is 0 Å². The normalized spacial score (nSPS) is 16.9. The van der Waals surface area contributed by atoms with Crippen LogP contribution in [0.3, 0.4) is 0 Å². The van der Waals surface area contributed by atoms with E-state index in [0.717, 1.165) is 5.56 Å². The summed E-state index contributed by atoms with van der Waals surface area (Å²) in [4.78, 5) is 14.8. The van der Waals surface area contributed by atoms with Crippen molar-refractivity contribution in [3.05, 3.63) is 95.3 Å². The molecule has 34 heavy (non-hydrogen) atoms. The predicted octanol–water partition coefficient (Wildman–Crippen LogP) is 4.27. The summed E-state index contributed by atoms with van der Waals surface area (Å²) >= 11 is 0. The molecule has 0 radical (unpaired) electrons. The summed E-state index contributed by atoms with van der Waals surface area (Å²) in [6, 6.07) is 18.0. The van der Waals surface area contributed by atoms with Crippen LogP contribution in [0.1, 0.15) is 36.6 Å². The van der Waals surface area contributed by atoms with Gasteiger partial charge in [-0.2, -0.15) is 8.42 Å². The number of nitrogens with zero attached hydrogens (tertiary/aromatic N) is 1. The van der Waals surface area contributed by atoms with E-state index in [1.807, 2.05) is 6.92 Å². The second-order valence-corrected chi connectivity index (χ2v) is 10.6. The summed E-state index contributed by atoms with van der Waals surface area (Å²) in [5, 5.41) is 11.2. The minimum Gasteiger partial charge on any atom is -0.388 e. The lowest BCUT2D eigenvalue weighted by atomic mass is 9.86. The molecule has 8 heteroatoms. The number of anilines is 1. The van der Waals surface area contributed by atoms with Crippen molar-refractivity contribution in [1.82, 2.24) is 0 Å². The largest absolute Gasteiger partial charge is 0.388 e. The van der Waals surface area contributed by atoms with E-state index in [-0.39, 0.29) is 10.8 Å². The van der Waals surface area contributed by atoms with Crippen LogP contribution in [0.15, 0.2) is 77.7 Å². The van der Waals surface area contributed by atoms with Crippen molar-refractivity contribution in [1.29, 1.82) is 0 Å². The Kier molecular flexibility index (Phi) is 6.33. The van der Waals surface area contributed by atoms with Crippen LogP contribution >= 0.6 is 0 Å². The number of hydrogen-bond acceptors (Lipinski definition) is 5. The Morgan fingerprint density at radius 2 is 1.68 bits per heavy atom. The first-order valence-corrected chi connectivity index (χ1v) is 12.3. The highest BCUT2D eigenvalue weighted by atomic mass is 32.2. The number of aliphatic hydroxyl groups excluding tert-OH is 1. The first kappa shape index (κ1) is 24.1. The molecule has 0 aromatic heterocycles. The van der Waals surface area contributed by atoms with E-state index < -0.39 is 40.1 Å². The number of benzene rings is 3. The fourth-order valence-electron chi connectivity index (χ4n) is 4.25. The zero-order chi connectivity index (χ0) is 24.7. The van der Waals surface area contributed by atoms with Gasteiger partial charge in [-0.15, -0.1) is 0 Å². The Bertz CT molecular complexity index is 1310. The summed E-state index contributed by atoms with van der Waals surface area (Å²) in [5.41, 5.74) is 1.46. The molecule has 178 valence electrons. The lowest BCUT2D eigenvalue weighted by Crippen LogP contribution is -2.44. The fourth-order valence-corrected chi connectivity index (χ4v) is 5.18. The zero-order valence-corrected chi connectivity index (χ0v) is 19.9. The molecule has 6 nitrogen and oxygen atoms in total. The van der Waals surface area contributed by atoms with Gasteiger partial charge in [0.1, 0.15) is 11.9 Å². The topological polar surface area (TPSA) is 83.9 Å². The summed E-state index contributed by atoms with van der Waals surface area (Å²) in [5.74, 6) is -0.851. The van der Waals surface area contributed by atoms with E-state index >= 15 is 0 Å². The molecular formula is C26H26FNO5S. The number of carbonyl (C=O) groups is 1. The molecule has 1 aliphatic rings. The molecule has 3 aromatic carbocycles. The van der Waals surface area contributed by atoms with Gasteiger partial charge in [-0.1, -0.05) is 54.1 Å². The number of aliphatic hydroxyl groups is 1. The molecule has 1 aliphatic heterocycles. The molecule has 2 atom stereocenters. The van der Waals surface area contributed by atoms with Gasteiger partial charge in [-0.05, 0) is 56.2 Å². The maximum atomic E-state index is 14.2. The third-order valence-corrected chi connectivity index (χ3v) is 7.43. The van der Waals surface area contributed by atoms with Gasteiger partial charge in [0.2, 0.25) is 5.91 Å². The Morgan fingerprint density at radius 3 is 2.32 bits per heavy atom. The highest BCUT2D eigenvalue weighted by Crippen LogP contribution is 2.46. The number of hydrogen-bond donors (Lipinski definition) is 1. The summed E-state index contributed by atoms with van der Waals surface area (Å²) in [6.07, 6.45) is -1.42. The van der Waals surface area contributed by atoms with Gasteiger partial charge in [0.25, 0.3) is 10.1 Å². The van der Waals surface area contributed by atoms with Crippen molar-refractivity contribution >= 4 is 21.7 Å². The quantitative estimate of drug-likeness (QED) is 0.508. The monoisotopic (exact) mass is 483 g/mol. The maximum absolute atomic E-state index is 14.2. The fraction of sp³-hybridized carbons (Fsp3) is 0.269. The van der Waals surface area contributed by atoms with Gasteiger partial charge in [-0.3, -0.25) is 8.98 Å². The summed E-state index contributed by atoms with van der Waals surface area (Å²) in [7, 11) is -4.14. The van der Waals surface area contributed by atoms with E-state index in [0.29, 0.717) is 16.8 Å². The average Bonchev–Trinajstić information content (AvgIpc) is 2.99. The molecule has 1 heterocycles. The Hall–Kier alpha value is -3.07. The number of aryl methyl sites for hydroxylation is 1. The SMILES string of the molecule is Cc1ccc(S(=O)(=O)OC[C@@H](O)[C@H](c2ccccc2)N2C(=O)C(C)(C)c3ccc(F)cc32)cc1. The highest BCUT2D eigenvalue weighted by Gasteiger charge is 2.48. The number of halogens is 1. The third-order valence-electron chi connectivity index (χ3n) is 6.13. The standard InChI is InChI=1S/C26H26FNO5S/c1-17-9-12-20(13-10-17)34(31,32)33-16-23(29)24(18-7-5-4-6-8-18)28-22-15-19(27)11-14-21(22)26(2,3)25(28)30/h4-15,23-24,29H,16H2,1-3H3/t23-,24+/m1/s1. The van der Waals surface area contributed by atoms with Crippen LogP contribution in [-0.4, -0.2) is 32.1 Å². The van der Waals surface area contributed by atoms with Gasteiger partial charge in [0.05, 0.1) is 28.6 Å². The van der Waals surface area contributed by atoms with Gasteiger partial charge < -0.3 is 10.0 Å². The van der Waals surface area contributed by atoms with Crippen molar-refractivity contribution in [2.45, 2.75) is 43.2 Å². The molecule has 0 aliphatic carbocycles. The number of amides is 1. The second-order valence-electron chi connectivity index (χ2n) is 8.94. The van der Waals surface area contributed by atoms with Crippen molar-refractivity contribution in [3.63, 3.8) is 0 Å². The predicted molar refractivity (Wildman–Crippen MR) is 126 cm³/mol. The van der Waals surface area contributed by atoms with Crippen molar-refractivity contribution in [2.24, 2.45) is 0 Å². The van der Waals surface area contributed by atoms with E-state index in [9.17, 15) is 22.7 Å². The molecule has 0 spiro atoms. The molecule has 3 aromatic rings. The molecule has 1 amide bonds. The van der Waals surface area contributed by atoms with Crippen LogP contribution in [0.25, 0.3) is 0 Å². The second kappa shape index (κ2) is 8.94. The van der Waals surface area contributed by atoms with Crippen LogP contribution in [0.4, 0.5) is 10.1 Å². The minimum atomic E-state index is -4.14. The molecule has 0 saturated heterocycles. The molecule has 1 N–H and O–H groups in total. The highest BCUT2D eigenvalue weighted by molar-refractivity contribution is 7.86. The van der Waals surface area contributed by atoms with Crippen LogP contribution in [0, 0.1) is 12.7 Å². The lowest BCUT2D eigenvalue weighted by Gasteiger charge is -2.33. The molecule has 4 rings (SSSR count). The molecule has 0 unspecified atom stereocenters. The van der Waals surface area contributed by atoms with Crippen molar-refractivity contribution < 1.29 is 26.9 Å². The van der Waals surface area contributed by atoms with Crippen molar-refractivity contribution in [2.75, 3.05) is 11.5 Å². The number of rotatable bonds is 7.